The average Bonchev–Trinajstić information content (AvgIpc) is 2.95. The molecule has 0 spiro atoms. The van der Waals surface area contributed by atoms with Crippen molar-refractivity contribution in [1.29, 1.82) is 0 Å². The maximum Gasteiger partial charge on any atom is 0.256 e. The van der Waals surface area contributed by atoms with Crippen LogP contribution in [-0.4, -0.2) is 32.0 Å². The molecule has 0 saturated carbocycles. The minimum absolute atomic E-state index is 0.150. The second-order valence-corrected chi connectivity index (χ2v) is 6.91. The molecule has 1 aliphatic rings. The molecule has 3 aromatic carbocycles. The number of hydrogen-bond acceptors (Lipinski definition) is 4. The molecule has 136 valence electrons. The third-order valence-electron chi connectivity index (χ3n) is 4.88. The van der Waals surface area contributed by atoms with Gasteiger partial charge in [0.25, 0.3) is 5.91 Å². The van der Waals surface area contributed by atoms with E-state index in [1.54, 1.807) is 0 Å². The number of benzene rings is 3. The summed E-state index contributed by atoms with van der Waals surface area (Å²) in [5, 5.41) is 5.11. The predicted octanol–water partition coefficient (Wildman–Crippen LogP) is 3.65. The number of hydrogen-bond donors (Lipinski definition) is 1. The van der Waals surface area contributed by atoms with Crippen LogP contribution in [0.4, 0.5) is 17.1 Å². The number of imide groups is 1. The molecule has 27 heavy (non-hydrogen) atoms. The van der Waals surface area contributed by atoms with E-state index >= 15 is 0 Å². The molecule has 1 aliphatic heterocycles. The molecule has 0 unspecified atom stereocenters. The van der Waals surface area contributed by atoms with Crippen molar-refractivity contribution in [2.75, 3.05) is 29.2 Å². The van der Waals surface area contributed by atoms with Gasteiger partial charge < -0.3 is 10.2 Å². The van der Waals surface area contributed by atoms with Gasteiger partial charge in [0.1, 0.15) is 6.04 Å². The smallest absolute Gasteiger partial charge is 0.256 e. The highest BCUT2D eigenvalue weighted by molar-refractivity contribution is 6.25. The Hall–Kier alpha value is -3.34. The molecule has 4 rings (SSSR count). The van der Waals surface area contributed by atoms with Crippen molar-refractivity contribution in [1.82, 2.24) is 0 Å². The lowest BCUT2D eigenvalue weighted by Crippen LogP contribution is -2.34. The first-order valence-corrected chi connectivity index (χ1v) is 8.93. The van der Waals surface area contributed by atoms with Crippen LogP contribution in [-0.2, 0) is 9.59 Å². The Kier molecular flexibility index (Phi) is 4.28. The summed E-state index contributed by atoms with van der Waals surface area (Å²) in [6.45, 7) is 0. The van der Waals surface area contributed by atoms with E-state index in [4.69, 9.17) is 0 Å². The van der Waals surface area contributed by atoms with E-state index in [0.717, 1.165) is 22.1 Å². The third kappa shape index (κ3) is 3.12. The normalized spacial score (nSPS) is 16.8. The van der Waals surface area contributed by atoms with Gasteiger partial charge in [-0.15, -0.1) is 0 Å². The first kappa shape index (κ1) is 17.1. The van der Waals surface area contributed by atoms with E-state index in [-0.39, 0.29) is 18.2 Å². The molecule has 0 bridgehead atoms. The van der Waals surface area contributed by atoms with Crippen LogP contribution in [0.3, 0.4) is 0 Å². The Morgan fingerprint density at radius 3 is 2.37 bits per heavy atom. The highest BCUT2D eigenvalue weighted by Crippen LogP contribution is 2.31. The van der Waals surface area contributed by atoms with Crippen molar-refractivity contribution in [2.24, 2.45) is 0 Å². The fraction of sp³-hybridized carbons (Fsp3) is 0.182. The van der Waals surface area contributed by atoms with Crippen LogP contribution in [0.2, 0.25) is 0 Å². The first-order chi connectivity index (χ1) is 13.0. The quantitative estimate of drug-likeness (QED) is 0.723. The van der Waals surface area contributed by atoms with Crippen LogP contribution in [0.1, 0.15) is 6.42 Å². The van der Waals surface area contributed by atoms with Gasteiger partial charge in [-0.05, 0) is 35.7 Å². The van der Waals surface area contributed by atoms with Crippen LogP contribution < -0.4 is 15.1 Å². The van der Waals surface area contributed by atoms with Crippen LogP contribution in [0.15, 0.2) is 66.7 Å². The minimum atomic E-state index is -0.554. The summed E-state index contributed by atoms with van der Waals surface area (Å²) in [5.74, 6) is -0.396. The molecule has 1 N–H and O–H groups in total. The van der Waals surface area contributed by atoms with E-state index in [9.17, 15) is 9.59 Å². The zero-order valence-corrected chi connectivity index (χ0v) is 15.3. The van der Waals surface area contributed by atoms with Crippen LogP contribution in [0, 0.1) is 0 Å². The van der Waals surface area contributed by atoms with Crippen LogP contribution >= 0.6 is 0 Å². The van der Waals surface area contributed by atoms with Crippen molar-refractivity contribution in [3.8, 4) is 0 Å². The molecule has 1 saturated heterocycles. The fourth-order valence-corrected chi connectivity index (χ4v) is 3.46. The van der Waals surface area contributed by atoms with Crippen LogP contribution in [0.25, 0.3) is 10.8 Å². The van der Waals surface area contributed by atoms with Crippen molar-refractivity contribution < 1.29 is 9.59 Å². The number of carbonyl (C=O) groups excluding carboxylic acids is 2. The fourth-order valence-electron chi connectivity index (χ4n) is 3.46. The van der Waals surface area contributed by atoms with Gasteiger partial charge in [-0.2, -0.15) is 0 Å². The molecule has 1 heterocycles. The maximum absolute atomic E-state index is 13.0. The zero-order valence-electron chi connectivity index (χ0n) is 15.3. The lowest BCUT2D eigenvalue weighted by atomic mass is 10.1. The molecule has 2 amide bonds. The summed E-state index contributed by atoms with van der Waals surface area (Å²) >= 11 is 0. The molecule has 0 aromatic heterocycles. The van der Waals surface area contributed by atoms with Crippen molar-refractivity contribution in [3.63, 3.8) is 0 Å². The van der Waals surface area contributed by atoms with Gasteiger partial charge in [0.15, 0.2) is 0 Å². The summed E-state index contributed by atoms with van der Waals surface area (Å²) < 4.78 is 0. The number of carbonyl (C=O) groups is 2. The summed E-state index contributed by atoms with van der Waals surface area (Å²) in [7, 11) is 3.95. The number of fused-ring (bicyclic) bond motifs is 1. The molecule has 5 nitrogen and oxygen atoms in total. The highest BCUT2D eigenvalue weighted by atomic mass is 16.2. The molecule has 0 radical (unpaired) electrons. The maximum atomic E-state index is 13.0. The topological polar surface area (TPSA) is 52.7 Å². The van der Waals surface area contributed by atoms with Gasteiger partial charge in [0, 0.05) is 30.9 Å². The van der Waals surface area contributed by atoms with Gasteiger partial charge in [-0.1, -0.05) is 36.4 Å². The zero-order chi connectivity index (χ0) is 19.0. The second kappa shape index (κ2) is 6.76. The summed E-state index contributed by atoms with van der Waals surface area (Å²) in [5.41, 5.74) is 2.55. The van der Waals surface area contributed by atoms with Crippen molar-refractivity contribution in [3.05, 3.63) is 66.7 Å². The van der Waals surface area contributed by atoms with Crippen LogP contribution in [0.5, 0.6) is 0 Å². The number of nitrogens with one attached hydrogen (secondary N) is 1. The highest BCUT2D eigenvalue weighted by Gasteiger charge is 2.40. The monoisotopic (exact) mass is 359 g/mol. The van der Waals surface area contributed by atoms with Gasteiger partial charge in [-0.3, -0.25) is 9.59 Å². The van der Waals surface area contributed by atoms with Gasteiger partial charge in [0.2, 0.25) is 5.91 Å². The number of nitrogens with zero attached hydrogens (tertiary/aromatic N) is 2. The van der Waals surface area contributed by atoms with E-state index in [2.05, 4.69) is 5.32 Å². The largest absolute Gasteiger partial charge is 0.378 e. The third-order valence-corrected chi connectivity index (χ3v) is 4.88. The lowest BCUT2D eigenvalue weighted by Gasteiger charge is -2.18. The van der Waals surface area contributed by atoms with E-state index < -0.39 is 6.04 Å². The van der Waals surface area contributed by atoms with E-state index in [0.29, 0.717) is 5.69 Å². The summed E-state index contributed by atoms with van der Waals surface area (Å²) in [4.78, 5) is 28.9. The summed E-state index contributed by atoms with van der Waals surface area (Å²) in [6.07, 6.45) is 0.150. The first-order valence-electron chi connectivity index (χ1n) is 8.93. The Labute approximate surface area is 158 Å². The Morgan fingerprint density at radius 2 is 1.63 bits per heavy atom. The van der Waals surface area contributed by atoms with Crippen molar-refractivity contribution in [2.45, 2.75) is 12.5 Å². The predicted molar refractivity (Wildman–Crippen MR) is 109 cm³/mol. The Balaban J connectivity index is 1.60. The van der Waals surface area contributed by atoms with Gasteiger partial charge in [0.05, 0.1) is 12.1 Å². The lowest BCUT2D eigenvalue weighted by molar-refractivity contribution is -0.121. The van der Waals surface area contributed by atoms with E-state index in [1.165, 1.54) is 4.90 Å². The molecular weight excluding hydrogens is 338 g/mol. The molecule has 3 aromatic rings. The van der Waals surface area contributed by atoms with Crippen molar-refractivity contribution >= 4 is 39.6 Å². The number of anilines is 3. The molecule has 5 heteroatoms. The Morgan fingerprint density at radius 1 is 0.926 bits per heavy atom. The van der Waals surface area contributed by atoms with Gasteiger partial charge >= 0.3 is 0 Å². The Bertz CT molecular complexity index is 1010. The summed E-state index contributed by atoms with van der Waals surface area (Å²) in [6, 6.07) is 20.7. The number of amides is 2. The molecule has 0 aliphatic carbocycles. The molecule has 1 fully saturated rings. The van der Waals surface area contributed by atoms with Gasteiger partial charge in [-0.25, -0.2) is 4.90 Å². The van der Waals surface area contributed by atoms with E-state index in [1.807, 2.05) is 85.7 Å². The second-order valence-electron chi connectivity index (χ2n) is 6.91. The SMILES string of the molecule is CN(C)c1ccc(N[C@@H]2CC(=O)N(c3cccc4ccccc34)C2=O)cc1. The average molecular weight is 359 g/mol. The minimum Gasteiger partial charge on any atom is -0.378 e. The molecule has 1 atom stereocenters. The number of rotatable bonds is 4. The standard InChI is InChI=1S/C22H21N3O2/c1-24(2)17-12-10-16(11-13-17)23-19-14-21(26)25(22(19)27)20-9-5-7-15-6-3-4-8-18(15)20/h3-13,19,23H,14H2,1-2H3/t19-/m1/s1. The molecular formula is C22H21N3O2.